The van der Waals surface area contributed by atoms with Gasteiger partial charge in [0, 0.05) is 26.2 Å². The third-order valence-electron chi connectivity index (χ3n) is 1.76. The minimum absolute atomic E-state index is 0. The zero-order valence-corrected chi connectivity index (χ0v) is 11.8. The van der Waals surface area contributed by atoms with E-state index in [0.717, 1.165) is 26.2 Å². The van der Waals surface area contributed by atoms with Crippen LogP contribution in [-0.2, 0) is 12.6 Å². The molecule has 0 saturated carbocycles. The van der Waals surface area contributed by atoms with Crippen molar-refractivity contribution in [2.24, 2.45) is 0 Å². The molecular formula is C6H11KN2S2. The Hall–Kier alpha value is 1.71. The molecule has 1 heterocycles. The minimum Gasteiger partial charge on any atom is -0.411 e. The van der Waals surface area contributed by atoms with Gasteiger partial charge in [0.2, 0.25) is 0 Å². The molecule has 2 nitrogen and oxygen atoms in total. The number of nitrogens with zero attached hydrogens (tertiary/aromatic N) is 2. The predicted octanol–water partition coefficient (Wildman–Crippen LogP) is -2.93. The molecule has 58 valence electrons. The first kappa shape index (κ1) is 12.7. The Morgan fingerprint density at radius 3 is 2.09 bits per heavy atom. The Balaban J connectivity index is 0.000001000. The summed E-state index contributed by atoms with van der Waals surface area (Å²) in [6, 6.07) is 0. The Morgan fingerprint density at radius 1 is 1.27 bits per heavy atom. The molecule has 0 spiro atoms. The van der Waals surface area contributed by atoms with E-state index < -0.39 is 0 Å². The van der Waals surface area contributed by atoms with E-state index in [1.165, 1.54) is 0 Å². The van der Waals surface area contributed by atoms with Gasteiger partial charge in [-0.05, 0) is 7.05 Å². The summed E-state index contributed by atoms with van der Waals surface area (Å²) in [6.45, 7) is 4.16. The predicted molar refractivity (Wildman–Crippen MR) is 49.0 cm³/mol. The van der Waals surface area contributed by atoms with E-state index in [1.807, 2.05) is 0 Å². The Labute approximate surface area is 122 Å². The van der Waals surface area contributed by atoms with Crippen molar-refractivity contribution in [1.82, 2.24) is 9.80 Å². The molecule has 1 aliphatic heterocycles. The molecule has 0 amide bonds. The standard InChI is InChI=1S/C6H12N2S2.K/c1-7-2-4-8(5-3-7)6(9)10;/h2-5H2,1H3,(H,9,10);/q;+1/p-1. The van der Waals surface area contributed by atoms with Crippen molar-refractivity contribution in [1.29, 1.82) is 0 Å². The first-order valence-corrected chi connectivity index (χ1v) is 4.16. The van der Waals surface area contributed by atoms with Crippen LogP contribution in [0.5, 0.6) is 0 Å². The molecule has 11 heavy (non-hydrogen) atoms. The molecule has 1 saturated heterocycles. The molecule has 5 heteroatoms. The summed E-state index contributed by atoms with van der Waals surface area (Å²) < 4.78 is 0.619. The summed E-state index contributed by atoms with van der Waals surface area (Å²) in [5.74, 6) is 0. The fourth-order valence-corrected chi connectivity index (χ4v) is 1.35. The first-order chi connectivity index (χ1) is 4.70. The Bertz CT molecular complexity index is 135. The van der Waals surface area contributed by atoms with Crippen LogP contribution in [0.25, 0.3) is 0 Å². The van der Waals surface area contributed by atoms with Crippen LogP contribution < -0.4 is 51.4 Å². The maximum Gasteiger partial charge on any atom is 1.00 e. The van der Waals surface area contributed by atoms with Crippen molar-refractivity contribution >= 4 is 29.2 Å². The van der Waals surface area contributed by atoms with E-state index in [2.05, 4.69) is 16.8 Å². The number of likely N-dealkylation sites (N-methyl/N-ethyl adjacent to an activating group) is 1. The maximum atomic E-state index is 4.88. The second-order valence-electron chi connectivity index (χ2n) is 2.56. The van der Waals surface area contributed by atoms with E-state index in [0.29, 0.717) is 4.32 Å². The number of hydrogen-bond acceptors (Lipinski definition) is 3. The summed E-state index contributed by atoms with van der Waals surface area (Å²) in [7, 11) is 2.11. The van der Waals surface area contributed by atoms with Gasteiger partial charge in [0.15, 0.2) is 0 Å². The van der Waals surface area contributed by atoms with Crippen molar-refractivity contribution in [2.75, 3.05) is 33.2 Å². The number of piperazine rings is 1. The second kappa shape index (κ2) is 6.20. The number of hydrogen-bond donors (Lipinski definition) is 0. The van der Waals surface area contributed by atoms with Crippen molar-refractivity contribution in [3.05, 3.63) is 0 Å². The van der Waals surface area contributed by atoms with Gasteiger partial charge < -0.3 is 34.6 Å². The third-order valence-corrected chi connectivity index (χ3v) is 2.28. The van der Waals surface area contributed by atoms with Gasteiger partial charge in [0.05, 0.1) is 0 Å². The molecule has 0 unspecified atom stereocenters. The first-order valence-electron chi connectivity index (χ1n) is 3.34. The van der Waals surface area contributed by atoms with Gasteiger partial charge in [0.25, 0.3) is 0 Å². The average molecular weight is 214 g/mol. The van der Waals surface area contributed by atoms with E-state index in [9.17, 15) is 0 Å². The molecule has 0 aromatic heterocycles. The van der Waals surface area contributed by atoms with Gasteiger partial charge in [-0.25, -0.2) is 0 Å². The van der Waals surface area contributed by atoms with Crippen LogP contribution in [0.4, 0.5) is 0 Å². The molecule has 0 aliphatic carbocycles. The average Bonchev–Trinajstić information content (AvgIpc) is 1.88. The monoisotopic (exact) mass is 214 g/mol. The number of thiocarbonyl (C=S) groups is 1. The van der Waals surface area contributed by atoms with Crippen molar-refractivity contribution < 1.29 is 51.4 Å². The Kier molecular flexibility index (Phi) is 7.17. The van der Waals surface area contributed by atoms with Gasteiger partial charge in [-0.1, -0.05) is 4.32 Å². The van der Waals surface area contributed by atoms with Gasteiger partial charge >= 0.3 is 51.4 Å². The summed E-state index contributed by atoms with van der Waals surface area (Å²) in [5.41, 5.74) is 0. The minimum atomic E-state index is 0. The van der Waals surface area contributed by atoms with E-state index in [-0.39, 0.29) is 51.4 Å². The van der Waals surface area contributed by atoms with E-state index in [4.69, 9.17) is 24.8 Å². The molecule has 1 rings (SSSR count). The van der Waals surface area contributed by atoms with Gasteiger partial charge in [-0.3, -0.25) is 0 Å². The van der Waals surface area contributed by atoms with E-state index in [1.54, 1.807) is 0 Å². The zero-order chi connectivity index (χ0) is 7.56. The van der Waals surface area contributed by atoms with Crippen LogP contribution in [0, 0.1) is 0 Å². The molecule has 0 aromatic rings. The van der Waals surface area contributed by atoms with Crippen molar-refractivity contribution in [3.8, 4) is 0 Å². The topological polar surface area (TPSA) is 6.48 Å². The van der Waals surface area contributed by atoms with Gasteiger partial charge in [-0.15, -0.1) is 0 Å². The molecule has 0 atom stereocenters. The SMILES string of the molecule is CN1CCN(C(=S)[S-])CC1.[K+]. The Morgan fingerprint density at radius 2 is 1.73 bits per heavy atom. The summed E-state index contributed by atoms with van der Waals surface area (Å²) in [5, 5.41) is 0. The largest absolute Gasteiger partial charge is 1.00 e. The summed E-state index contributed by atoms with van der Waals surface area (Å²) >= 11 is 9.75. The van der Waals surface area contributed by atoms with Crippen LogP contribution in [0.1, 0.15) is 0 Å². The van der Waals surface area contributed by atoms with Crippen LogP contribution in [0.2, 0.25) is 0 Å². The number of rotatable bonds is 0. The molecule has 0 radical (unpaired) electrons. The van der Waals surface area contributed by atoms with Gasteiger partial charge in [0.1, 0.15) is 0 Å². The van der Waals surface area contributed by atoms with Crippen LogP contribution in [0.15, 0.2) is 0 Å². The van der Waals surface area contributed by atoms with E-state index >= 15 is 0 Å². The maximum absolute atomic E-state index is 4.88. The normalized spacial score (nSPS) is 19.2. The van der Waals surface area contributed by atoms with Crippen LogP contribution >= 0.6 is 12.2 Å². The fraction of sp³-hybridized carbons (Fsp3) is 0.833. The second-order valence-corrected chi connectivity index (χ2v) is 3.59. The fourth-order valence-electron chi connectivity index (χ4n) is 0.989. The molecular weight excluding hydrogens is 203 g/mol. The van der Waals surface area contributed by atoms with Crippen LogP contribution in [0.3, 0.4) is 0 Å². The van der Waals surface area contributed by atoms with Crippen molar-refractivity contribution in [2.45, 2.75) is 0 Å². The quantitative estimate of drug-likeness (QED) is 0.242. The van der Waals surface area contributed by atoms with Crippen molar-refractivity contribution in [3.63, 3.8) is 0 Å². The van der Waals surface area contributed by atoms with Crippen LogP contribution in [-0.4, -0.2) is 47.3 Å². The summed E-state index contributed by atoms with van der Waals surface area (Å²) in [4.78, 5) is 4.36. The molecule has 1 fully saturated rings. The molecule has 0 N–H and O–H groups in total. The molecule has 0 bridgehead atoms. The molecule has 0 aromatic carbocycles. The molecule has 1 aliphatic rings. The summed E-state index contributed by atoms with van der Waals surface area (Å²) in [6.07, 6.45) is 0. The smallest absolute Gasteiger partial charge is 0.411 e. The third kappa shape index (κ3) is 4.47. The zero-order valence-electron chi connectivity index (χ0n) is 7.04. The van der Waals surface area contributed by atoms with Gasteiger partial charge in [-0.2, -0.15) is 0 Å².